The molecule has 0 aliphatic heterocycles. The molecule has 0 aliphatic rings. The third-order valence-electron chi connectivity index (χ3n) is 4.43. The molecule has 0 saturated carbocycles. The largest absolute Gasteiger partial charge is 0.462 e. The summed E-state index contributed by atoms with van der Waals surface area (Å²) in [6.45, 7) is 8.47. The van der Waals surface area contributed by atoms with Crippen molar-refractivity contribution in [2.75, 3.05) is 6.61 Å². The molecular weight excluding hydrogens is 378 g/mol. The number of fused-ring (bicyclic) bond motifs is 1. The van der Waals surface area contributed by atoms with Gasteiger partial charge in [0.25, 0.3) is 11.6 Å². The molecule has 0 fully saturated rings. The maximum Gasteiger partial charge on any atom is 0.379 e. The average Bonchev–Trinajstić information content (AvgIpc) is 3.23. The SMILES string of the molecule is CCOC(=O)c1c(C)[nH]c(C(=O)C(C)OC(=O)c2nc3nccc(C)n3n2)c1C. The van der Waals surface area contributed by atoms with Crippen molar-refractivity contribution in [3.63, 3.8) is 0 Å². The van der Waals surface area contributed by atoms with Gasteiger partial charge in [-0.2, -0.15) is 4.98 Å². The lowest BCUT2D eigenvalue weighted by molar-refractivity contribution is 0.0305. The fourth-order valence-corrected chi connectivity index (χ4v) is 2.97. The summed E-state index contributed by atoms with van der Waals surface area (Å²) >= 11 is 0. The number of carbonyl (C=O) groups excluding carboxylic acids is 3. The summed E-state index contributed by atoms with van der Waals surface area (Å²) in [5.74, 6) is -1.78. The molecule has 152 valence electrons. The van der Waals surface area contributed by atoms with Gasteiger partial charge in [0.2, 0.25) is 5.78 Å². The Kier molecular flexibility index (Phi) is 5.44. The van der Waals surface area contributed by atoms with Crippen LogP contribution >= 0.6 is 0 Å². The number of ketones is 1. The minimum absolute atomic E-state index is 0.186. The molecule has 1 N–H and O–H groups in total. The van der Waals surface area contributed by atoms with E-state index in [9.17, 15) is 14.4 Å². The second-order valence-corrected chi connectivity index (χ2v) is 6.49. The van der Waals surface area contributed by atoms with Crippen LogP contribution in [0, 0.1) is 20.8 Å². The van der Waals surface area contributed by atoms with Gasteiger partial charge in [-0.15, -0.1) is 5.10 Å². The van der Waals surface area contributed by atoms with Crippen LogP contribution < -0.4 is 0 Å². The Hall–Kier alpha value is -3.56. The Morgan fingerprint density at radius 2 is 1.93 bits per heavy atom. The number of aryl methyl sites for hydroxylation is 2. The predicted octanol–water partition coefficient (Wildman–Crippen LogP) is 1.98. The zero-order valence-corrected chi connectivity index (χ0v) is 16.8. The molecule has 1 atom stereocenters. The molecule has 0 spiro atoms. The topological polar surface area (TPSA) is 129 Å². The maximum atomic E-state index is 12.8. The van der Waals surface area contributed by atoms with Gasteiger partial charge >= 0.3 is 11.9 Å². The number of hydrogen-bond donors (Lipinski definition) is 1. The van der Waals surface area contributed by atoms with Gasteiger partial charge in [-0.05, 0) is 46.2 Å². The number of carbonyl (C=O) groups is 3. The third kappa shape index (κ3) is 3.73. The van der Waals surface area contributed by atoms with E-state index in [1.165, 1.54) is 11.4 Å². The fourth-order valence-electron chi connectivity index (χ4n) is 2.97. The lowest BCUT2D eigenvalue weighted by Gasteiger charge is -2.10. The van der Waals surface area contributed by atoms with Crippen LogP contribution in [0.2, 0.25) is 0 Å². The van der Waals surface area contributed by atoms with Crippen molar-refractivity contribution in [1.29, 1.82) is 0 Å². The van der Waals surface area contributed by atoms with Gasteiger partial charge in [0.05, 0.1) is 17.9 Å². The van der Waals surface area contributed by atoms with Crippen LogP contribution in [0.4, 0.5) is 0 Å². The fraction of sp³-hybridized carbons (Fsp3) is 0.368. The molecule has 0 radical (unpaired) electrons. The quantitative estimate of drug-likeness (QED) is 0.492. The third-order valence-corrected chi connectivity index (χ3v) is 4.43. The second kappa shape index (κ2) is 7.82. The van der Waals surface area contributed by atoms with Crippen LogP contribution in [0.1, 0.15) is 62.3 Å². The highest BCUT2D eigenvalue weighted by atomic mass is 16.5. The number of aromatic nitrogens is 5. The normalized spacial score (nSPS) is 12.0. The van der Waals surface area contributed by atoms with E-state index in [1.54, 1.807) is 40.0 Å². The van der Waals surface area contributed by atoms with Crippen LogP contribution in [0.25, 0.3) is 5.78 Å². The first kappa shape index (κ1) is 20.2. The maximum absolute atomic E-state index is 12.8. The van der Waals surface area contributed by atoms with Crippen molar-refractivity contribution < 1.29 is 23.9 Å². The number of rotatable bonds is 6. The van der Waals surface area contributed by atoms with E-state index in [4.69, 9.17) is 9.47 Å². The van der Waals surface area contributed by atoms with E-state index < -0.39 is 23.8 Å². The molecule has 1 unspecified atom stereocenters. The highest BCUT2D eigenvalue weighted by Gasteiger charge is 2.28. The van der Waals surface area contributed by atoms with Crippen LogP contribution in [0.3, 0.4) is 0 Å². The molecule has 3 aromatic heterocycles. The summed E-state index contributed by atoms with van der Waals surface area (Å²) < 4.78 is 11.7. The van der Waals surface area contributed by atoms with Gasteiger partial charge in [0.1, 0.15) is 0 Å². The van der Waals surface area contributed by atoms with Gasteiger partial charge in [0.15, 0.2) is 6.10 Å². The molecule has 10 heteroatoms. The van der Waals surface area contributed by atoms with E-state index in [-0.39, 0.29) is 23.9 Å². The van der Waals surface area contributed by atoms with E-state index in [0.717, 1.165) is 5.69 Å². The Labute approximate surface area is 166 Å². The zero-order chi connectivity index (χ0) is 21.3. The second-order valence-electron chi connectivity index (χ2n) is 6.49. The molecule has 3 heterocycles. The van der Waals surface area contributed by atoms with Crippen LogP contribution in [0.5, 0.6) is 0 Å². The summed E-state index contributed by atoms with van der Waals surface area (Å²) in [6.07, 6.45) is 0.438. The number of aromatic amines is 1. The number of ether oxygens (including phenoxy) is 2. The average molecular weight is 399 g/mol. The zero-order valence-electron chi connectivity index (χ0n) is 16.8. The number of hydrogen-bond acceptors (Lipinski definition) is 8. The Balaban J connectivity index is 1.80. The molecule has 3 aromatic rings. The molecule has 0 aromatic carbocycles. The number of Topliss-reactive ketones (excluding diaryl/α,β-unsaturated/α-hetero) is 1. The molecule has 0 aliphatic carbocycles. The van der Waals surface area contributed by atoms with Crippen molar-refractivity contribution in [3.8, 4) is 0 Å². The van der Waals surface area contributed by atoms with Crippen LogP contribution in [0.15, 0.2) is 12.3 Å². The lowest BCUT2D eigenvalue weighted by Crippen LogP contribution is -2.26. The Morgan fingerprint density at radius 3 is 2.59 bits per heavy atom. The number of H-pyrrole nitrogens is 1. The van der Waals surface area contributed by atoms with E-state index in [0.29, 0.717) is 16.8 Å². The lowest BCUT2D eigenvalue weighted by atomic mass is 10.1. The summed E-state index contributed by atoms with van der Waals surface area (Å²) in [7, 11) is 0. The standard InChI is InChI=1S/C19H21N5O5/c1-6-28-17(26)13-10(3)14(21-11(13)4)15(25)12(5)29-18(27)16-22-19-20-8-7-9(2)24(19)23-16/h7-8,12,21H,6H2,1-5H3. The van der Waals surface area contributed by atoms with E-state index >= 15 is 0 Å². The number of esters is 2. The van der Waals surface area contributed by atoms with Gasteiger partial charge < -0.3 is 14.5 Å². The monoisotopic (exact) mass is 399 g/mol. The number of nitrogens with one attached hydrogen (secondary N) is 1. The van der Waals surface area contributed by atoms with Gasteiger partial charge in [0, 0.05) is 17.6 Å². The van der Waals surface area contributed by atoms with Gasteiger partial charge in [-0.3, -0.25) is 4.79 Å². The molecule has 3 rings (SSSR count). The first-order valence-electron chi connectivity index (χ1n) is 9.04. The minimum Gasteiger partial charge on any atom is -0.462 e. The molecule has 29 heavy (non-hydrogen) atoms. The van der Waals surface area contributed by atoms with Gasteiger partial charge in [-0.1, -0.05) is 0 Å². The van der Waals surface area contributed by atoms with Crippen molar-refractivity contribution in [1.82, 2.24) is 24.6 Å². The van der Waals surface area contributed by atoms with E-state index in [2.05, 4.69) is 20.1 Å². The minimum atomic E-state index is -1.12. The smallest absolute Gasteiger partial charge is 0.379 e. The van der Waals surface area contributed by atoms with Crippen molar-refractivity contribution in [2.45, 2.75) is 40.7 Å². The molecular formula is C19H21N5O5. The van der Waals surface area contributed by atoms with Crippen LogP contribution in [-0.2, 0) is 9.47 Å². The molecule has 0 bridgehead atoms. The predicted molar refractivity (Wildman–Crippen MR) is 101 cm³/mol. The summed E-state index contributed by atoms with van der Waals surface area (Å²) in [5, 5.41) is 4.06. The summed E-state index contributed by atoms with van der Waals surface area (Å²) in [5.41, 5.74) is 2.18. The van der Waals surface area contributed by atoms with Crippen molar-refractivity contribution >= 4 is 23.5 Å². The number of nitrogens with zero attached hydrogens (tertiary/aromatic N) is 4. The molecule has 10 nitrogen and oxygen atoms in total. The van der Waals surface area contributed by atoms with Crippen molar-refractivity contribution in [3.05, 3.63) is 46.3 Å². The Bertz CT molecular complexity index is 1110. The van der Waals surface area contributed by atoms with Gasteiger partial charge in [-0.25, -0.2) is 19.1 Å². The van der Waals surface area contributed by atoms with Crippen molar-refractivity contribution in [2.24, 2.45) is 0 Å². The first-order chi connectivity index (χ1) is 13.7. The summed E-state index contributed by atoms with van der Waals surface area (Å²) in [6, 6.07) is 1.72. The highest BCUT2D eigenvalue weighted by Crippen LogP contribution is 2.21. The summed E-state index contributed by atoms with van der Waals surface area (Å²) in [4.78, 5) is 48.2. The van der Waals surface area contributed by atoms with E-state index in [1.807, 2.05) is 0 Å². The molecule has 0 saturated heterocycles. The molecule has 0 amide bonds. The Morgan fingerprint density at radius 1 is 1.21 bits per heavy atom. The first-order valence-corrected chi connectivity index (χ1v) is 9.04. The highest BCUT2D eigenvalue weighted by molar-refractivity contribution is 6.04. The van der Waals surface area contributed by atoms with Crippen LogP contribution in [-0.4, -0.2) is 55.0 Å².